The lowest BCUT2D eigenvalue weighted by molar-refractivity contribution is 0.288. The number of aryl methyl sites for hydroxylation is 1. The molecule has 1 aliphatic heterocycles. The molecule has 1 aromatic heterocycles. The first-order valence-electron chi connectivity index (χ1n) is 9.32. The number of hydrogen-bond donors (Lipinski definition) is 0. The van der Waals surface area contributed by atoms with Gasteiger partial charge in [-0.3, -0.25) is 0 Å². The summed E-state index contributed by atoms with van der Waals surface area (Å²) in [5.41, 5.74) is 3.13. The summed E-state index contributed by atoms with van der Waals surface area (Å²) < 4.78 is 17.2. The van der Waals surface area contributed by atoms with Gasteiger partial charge < -0.3 is 18.8 Å². The van der Waals surface area contributed by atoms with E-state index >= 15 is 0 Å². The van der Waals surface area contributed by atoms with Crippen molar-refractivity contribution >= 4 is 16.7 Å². The van der Waals surface area contributed by atoms with E-state index < -0.39 is 0 Å². The smallest absolute Gasteiger partial charge is 0.336 e. The molecule has 5 nitrogen and oxygen atoms in total. The van der Waals surface area contributed by atoms with Gasteiger partial charge in [-0.1, -0.05) is 13.3 Å². The minimum absolute atomic E-state index is 0.334. The van der Waals surface area contributed by atoms with Gasteiger partial charge in [0.25, 0.3) is 0 Å². The highest BCUT2D eigenvalue weighted by Gasteiger charge is 2.22. The number of hydrogen-bond acceptors (Lipinski definition) is 5. The summed E-state index contributed by atoms with van der Waals surface area (Å²) in [6, 6.07) is 13.4. The minimum atomic E-state index is -0.334. The first kappa shape index (κ1) is 17.5. The summed E-state index contributed by atoms with van der Waals surface area (Å²) in [5.74, 6) is 1.64. The van der Waals surface area contributed by atoms with Crippen LogP contribution in [0.25, 0.3) is 11.0 Å². The third kappa shape index (κ3) is 3.50. The zero-order chi connectivity index (χ0) is 18.8. The van der Waals surface area contributed by atoms with Gasteiger partial charge in [-0.05, 0) is 55.3 Å². The van der Waals surface area contributed by atoms with Crippen LogP contribution in [0.2, 0.25) is 0 Å². The molecule has 0 unspecified atom stereocenters. The molecule has 3 aromatic rings. The van der Waals surface area contributed by atoms with Gasteiger partial charge in [0.2, 0.25) is 0 Å². The van der Waals surface area contributed by atoms with Gasteiger partial charge in [-0.25, -0.2) is 4.79 Å². The largest absolute Gasteiger partial charge is 0.494 e. The SMILES string of the molecule is CCCCOc1ccc(N2COc3ccc4c(C)cc(=O)oc4c3C2)cc1. The fourth-order valence-electron chi connectivity index (χ4n) is 3.34. The Kier molecular flexibility index (Phi) is 4.75. The molecule has 140 valence electrons. The second-order valence-electron chi connectivity index (χ2n) is 6.83. The molecule has 0 radical (unpaired) electrons. The standard InChI is InChI=1S/C22H23NO4/c1-3-4-11-25-17-7-5-16(6-8-17)23-13-19-20(26-14-23)10-9-18-15(2)12-21(24)27-22(18)19/h5-10,12H,3-4,11,13-14H2,1-2H3. The van der Waals surface area contributed by atoms with Crippen LogP contribution >= 0.6 is 0 Å². The first-order valence-corrected chi connectivity index (χ1v) is 9.32. The van der Waals surface area contributed by atoms with Crippen LogP contribution in [0.1, 0.15) is 30.9 Å². The number of benzene rings is 2. The lowest BCUT2D eigenvalue weighted by Gasteiger charge is -2.31. The minimum Gasteiger partial charge on any atom is -0.494 e. The van der Waals surface area contributed by atoms with Gasteiger partial charge in [-0.15, -0.1) is 0 Å². The second kappa shape index (κ2) is 7.35. The van der Waals surface area contributed by atoms with Gasteiger partial charge in [-0.2, -0.15) is 0 Å². The molecular weight excluding hydrogens is 342 g/mol. The quantitative estimate of drug-likeness (QED) is 0.487. The van der Waals surface area contributed by atoms with Crippen LogP contribution in [0.3, 0.4) is 0 Å². The Morgan fingerprint density at radius 3 is 2.74 bits per heavy atom. The molecule has 0 N–H and O–H groups in total. The average molecular weight is 365 g/mol. The van der Waals surface area contributed by atoms with Gasteiger partial charge in [0.15, 0.2) is 6.73 Å². The van der Waals surface area contributed by atoms with E-state index in [2.05, 4.69) is 11.8 Å². The van der Waals surface area contributed by atoms with Crippen LogP contribution in [0.4, 0.5) is 5.69 Å². The van der Waals surface area contributed by atoms with Crippen molar-refractivity contribution in [3.63, 3.8) is 0 Å². The molecule has 0 spiro atoms. The maximum Gasteiger partial charge on any atom is 0.336 e. The maximum atomic E-state index is 11.9. The van der Waals surface area contributed by atoms with E-state index in [1.54, 1.807) is 0 Å². The molecule has 5 heteroatoms. The van der Waals surface area contributed by atoms with E-state index in [1.165, 1.54) is 6.07 Å². The molecule has 0 fully saturated rings. The Labute approximate surface area is 158 Å². The summed E-state index contributed by atoms with van der Waals surface area (Å²) in [5, 5.41) is 0.943. The zero-order valence-corrected chi connectivity index (χ0v) is 15.7. The molecule has 0 saturated carbocycles. The summed E-state index contributed by atoms with van der Waals surface area (Å²) in [6.45, 7) is 5.87. The second-order valence-corrected chi connectivity index (χ2v) is 6.83. The van der Waals surface area contributed by atoms with Gasteiger partial charge >= 0.3 is 5.63 Å². The van der Waals surface area contributed by atoms with E-state index in [-0.39, 0.29) is 5.63 Å². The Morgan fingerprint density at radius 1 is 1.15 bits per heavy atom. The molecule has 4 rings (SSSR count). The number of anilines is 1. The van der Waals surface area contributed by atoms with E-state index in [0.29, 0.717) is 18.9 Å². The van der Waals surface area contributed by atoms with Crippen LogP contribution in [0.5, 0.6) is 11.5 Å². The van der Waals surface area contributed by atoms with Gasteiger partial charge in [0.05, 0.1) is 18.7 Å². The molecule has 1 aliphatic rings. The van der Waals surface area contributed by atoms with Crippen molar-refractivity contribution < 1.29 is 13.9 Å². The predicted molar refractivity (Wildman–Crippen MR) is 106 cm³/mol. The lowest BCUT2D eigenvalue weighted by Crippen LogP contribution is -2.32. The Bertz CT molecular complexity index is 1010. The molecule has 0 aliphatic carbocycles. The molecular formula is C22H23NO4. The van der Waals surface area contributed by atoms with Crippen molar-refractivity contribution in [3.8, 4) is 11.5 Å². The van der Waals surface area contributed by atoms with Crippen molar-refractivity contribution in [2.75, 3.05) is 18.2 Å². The number of ether oxygens (including phenoxy) is 2. The maximum absolute atomic E-state index is 11.9. The Morgan fingerprint density at radius 2 is 1.96 bits per heavy atom. The van der Waals surface area contributed by atoms with E-state index in [9.17, 15) is 4.79 Å². The summed E-state index contributed by atoms with van der Waals surface area (Å²) in [4.78, 5) is 14.0. The van der Waals surface area contributed by atoms with Crippen molar-refractivity contribution in [1.29, 1.82) is 0 Å². The Hall–Kier alpha value is -2.95. The summed E-state index contributed by atoms with van der Waals surface area (Å²) >= 11 is 0. The van der Waals surface area contributed by atoms with Gasteiger partial charge in [0.1, 0.15) is 17.1 Å². The number of unbranched alkanes of at least 4 members (excludes halogenated alkanes) is 1. The molecule has 0 amide bonds. The molecule has 27 heavy (non-hydrogen) atoms. The molecule has 0 saturated heterocycles. The van der Waals surface area contributed by atoms with Crippen LogP contribution in [-0.2, 0) is 6.54 Å². The molecule has 0 bridgehead atoms. The summed E-state index contributed by atoms with van der Waals surface area (Å²) in [6.07, 6.45) is 2.17. The average Bonchev–Trinajstić information content (AvgIpc) is 2.68. The zero-order valence-electron chi connectivity index (χ0n) is 15.7. The molecule has 2 aromatic carbocycles. The van der Waals surface area contributed by atoms with Crippen LogP contribution in [0.15, 0.2) is 51.7 Å². The van der Waals surface area contributed by atoms with Crippen LogP contribution in [-0.4, -0.2) is 13.3 Å². The topological polar surface area (TPSA) is 51.9 Å². The number of nitrogens with zero attached hydrogens (tertiary/aromatic N) is 1. The fraction of sp³-hybridized carbons (Fsp3) is 0.318. The molecule has 2 heterocycles. The number of rotatable bonds is 5. The molecule has 0 atom stereocenters. The highest BCUT2D eigenvalue weighted by molar-refractivity contribution is 5.85. The van der Waals surface area contributed by atoms with E-state index in [0.717, 1.165) is 53.1 Å². The predicted octanol–water partition coefficient (Wildman–Crippen LogP) is 4.64. The fourth-order valence-corrected chi connectivity index (χ4v) is 3.34. The summed E-state index contributed by atoms with van der Waals surface area (Å²) in [7, 11) is 0. The first-order chi connectivity index (χ1) is 13.2. The van der Waals surface area contributed by atoms with Crippen molar-refractivity contribution in [2.24, 2.45) is 0 Å². The van der Waals surface area contributed by atoms with E-state index in [4.69, 9.17) is 13.9 Å². The monoisotopic (exact) mass is 365 g/mol. The Balaban J connectivity index is 1.61. The third-order valence-electron chi connectivity index (χ3n) is 4.87. The van der Waals surface area contributed by atoms with Crippen molar-refractivity contribution in [3.05, 3.63) is 64.0 Å². The van der Waals surface area contributed by atoms with Crippen molar-refractivity contribution in [1.82, 2.24) is 0 Å². The highest BCUT2D eigenvalue weighted by atomic mass is 16.5. The third-order valence-corrected chi connectivity index (χ3v) is 4.87. The van der Waals surface area contributed by atoms with Crippen molar-refractivity contribution in [2.45, 2.75) is 33.2 Å². The normalized spacial score (nSPS) is 13.3. The highest BCUT2D eigenvalue weighted by Crippen LogP contribution is 2.34. The van der Waals surface area contributed by atoms with Gasteiger partial charge in [0, 0.05) is 17.1 Å². The van der Waals surface area contributed by atoms with E-state index in [1.807, 2.05) is 43.3 Å². The van der Waals surface area contributed by atoms with Crippen LogP contribution < -0.4 is 20.0 Å². The number of fused-ring (bicyclic) bond motifs is 3. The lowest BCUT2D eigenvalue weighted by atomic mass is 10.0. The van der Waals surface area contributed by atoms with Crippen LogP contribution in [0, 0.1) is 6.92 Å².